The van der Waals surface area contributed by atoms with Crippen LogP contribution in [0.2, 0.25) is 0 Å². The van der Waals surface area contributed by atoms with E-state index in [2.05, 4.69) is 29.2 Å². The number of nitrogens with zero attached hydrogens (tertiary/aromatic N) is 3. The Morgan fingerprint density at radius 3 is 2.94 bits per heavy atom. The van der Waals surface area contributed by atoms with Crippen LogP contribution < -0.4 is 5.73 Å². The van der Waals surface area contributed by atoms with Crippen molar-refractivity contribution in [3.05, 3.63) is 34.3 Å². The highest BCUT2D eigenvalue weighted by Crippen LogP contribution is 2.19. The lowest BCUT2D eigenvalue weighted by atomic mass is 10.2. The zero-order valence-electron chi connectivity index (χ0n) is 9.55. The van der Waals surface area contributed by atoms with Crippen LogP contribution in [0.1, 0.15) is 36.3 Å². The average molecular weight is 236 g/mol. The number of rotatable bonds is 4. The lowest BCUT2D eigenvalue weighted by Crippen LogP contribution is -2.09. The van der Waals surface area contributed by atoms with E-state index in [-0.39, 0.29) is 0 Å². The van der Waals surface area contributed by atoms with Crippen LogP contribution >= 0.6 is 11.3 Å². The first-order valence-corrected chi connectivity index (χ1v) is 6.23. The summed E-state index contributed by atoms with van der Waals surface area (Å²) in [5.41, 5.74) is 6.69. The Morgan fingerprint density at radius 2 is 2.31 bits per heavy atom. The quantitative estimate of drug-likeness (QED) is 0.883. The largest absolute Gasteiger partial charge is 0.328 e. The van der Waals surface area contributed by atoms with Crippen LogP contribution in [-0.4, -0.2) is 14.5 Å². The van der Waals surface area contributed by atoms with E-state index < -0.39 is 0 Å². The third-order valence-electron chi connectivity index (χ3n) is 2.38. The van der Waals surface area contributed by atoms with Gasteiger partial charge in [-0.15, -0.1) is 11.3 Å². The van der Waals surface area contributed by atoms with E-state index >= 15 is 0 Å². The molecular weight excluding hydrogens is 220 g/mol. The van der Waals surface area contributed by atoms with Gasteiger partial charge in [-0.25, -0.2) is 9.97 Å². The van der Waals surface area contributed by atoms with E-state index in [9.17, 15) is 0 Å². The van der Waals surface area contributed by atoms with Crippen molar-refractivity contribution in [1.29, 1.82) is 0 Å². The summed E-state index contributed by atoms with van der Waals surface area (Å²) in [6.45, 7) is 5.54. The summed E-state index contributed by atoms with van der Waals surface area (Å²) < 4.78 is 2.04. The van der Waals surface area contributed by atoms with E-state index in [1.54, 1.807) is 17.5 Å². The van der Waals surface area contributed by atoms with Gasteiger partial charge in [0, 0.05) is 23.7 Å². The topological polar surface area (TPSA) is 56.7 Å². The van der Waals surface area contributed by atoms with Crippen molar-refractivity contribution in [3.8, 4) is 0 Å². The zero-order valence-corrected chi connectivity index (χ0v) is 10.4. The van der Waals surface area contributed by atoms with Crippen molar-refractivity contribution >= 4 is 11.3 Å². The summed E-state index contributed by atoms with van der Waals surface area (Å²) in [7, 11) is 0. The Morgan fingerprint density at radius 1 is 1.50 bits per heavy atom. The summed E-state index contributed by atoms with van der Waals surface area (Å²) in [5.74, 6) is 1.40. The molecule has 0 radical (unpaired) electrons. The van der Waals surface area contributed by atoms with E-state index in [0.717, 1.165) is 18.1 Å². The van der Waals surface area contributed by atoms with Crippen molar-refractivity contribution in [2.24, 2.45) is 5.73 Å². The van der Waals surface area contributed by atoms with E-state index in [1.807, 2.05) is 10.8 Å². The first-order chi connectivity index (χ1) is 7.70. The maximum Gasteiger partial charge on any atom is 0.122 e. The molecule has 2 aromatic heterocycles. The van der Waals surface area contributed by atoms with Gasteiger partial charge in [0.2, 0.25) is 0 Å². The van der Waals surface area contributed by atoms with Crippen LogP contribution in [0, 0.1) is 0 Å². The number of hydrogen-bond acceptors (Lipinski definition) is 4. The van der Waals surface area contributed by atoms with Crippen LogP contribution in [0.15, 0.2) is 17.8 Å². The Balaban J connectivity index is 2.14. The van der Waals surface area contributed by atoms with E-state index in [0.29, 0.717) is 12.5 Å². The SMILES string of the molecule is CC(C)c1nc(Cn2ccnc2CN)cs1. The molecule has 0 aliphatic carbocycles. The molecule has 0 atom stereocenters. The molecule has 0 aromatic carbocycles. The standard InChI is InChI=1S/C11H16N4S/c1-8(2)11-14-9(7-16-11)6-15-4-3-13-10(15)5-12/h3-4,7-8H,5-6,12H2,1-2H3. The Labute approximate surface area is 99.2 Å². The fourth-order valence-electron chi connectivity index (χ4n) is 1.51. The van der Waals surface area contributed by atoms with Gasteiger partial charge in [0.15, 0.2) is 0 Å². The molecule has 0 bridgehead atoms. The van der Waals surface area contributed by atoms with Gasteiger partial charge < -0.3 is 10.3 Å². The van der Waals surface area contributed by atoms with Gasteiger partial charge >= 0.3 is 0 Å². The highest BCUT2D eigenvalue weighted by molar-refractivity contribution is 7.09. The molecule has 0 saturated carbocycles. The second-order valence-corrected chi connectivity index (χ2v) is 4.90. The van der Waals surface area contributed by atoms with Crippen molar-refractivity contribution in [2.75, 3.05) is 0 Å². The number of imidazole rings is 1. The Bertz CT molecular complexity index is 458. The molecule has 0 spiro atoms. The van der Waals surface area contributed by atoms with Crippen molar-refractivity contribution in [1.82, 2.24) is 14.5 Å². The third kappa shape index (κ3) is 2.31. The normalized spacial score (nSPS) is 11.2. The molecule has 86 valence electrons. The molecule has 16 heavy (non-hydrogen) atoms. The smallest absolute Gasteiger partial charge is 0.122 e. The third-order valence-corrected chi connectivity index (χ3v) is 3.57. The van der Waals surface area contributed by atoms with Gasteiger partial charge in [-0.3, -0.25) is 0 Å². The molecule has 2 rings (SSSR count). The number of hydrogen-bond donors (Lipinski definition) is 1. The van der Waals surface area contributed by atoms with Crippen molar-refractivity contribution in [3.63, 3.8) is 0 Å². The highest BCUT2D eigenvalue weighted by atomic mass is 32.1. The van der Waals surface area contributed by atoms with Crippen LogP contribution in [-0.2, 0) is 13.1 Å². The predicted octanol–water partition coefficient (Wildman–Crippen LogP) is 1.97. The Hall–Kier alpha value is -1.20. The monoisotopic (exact) mass is 236 g/mol. The number of thiazole rings is 1. The maximum atomic E-state index is 5.60. The predicted molar refractivity (Wildman–Crippen MR) is 65.4 cm³/mol. The van der Waals surface area contributed by atoms with Gasteiger partial charge in [0.05, 0.1) is 23.8 Å². The van der Waals surface area contributed by atoms with Gasteiger partial charge in [-0.1, -0.05) is 13.8 Å². The molecule has 0 aliphatic rings. The molecule has 2 heterocycles. The molecule has 2 N–H and O–H groups in total. The first-order valence-electron chi connectivity index (χ1n) is 5.35. The summed E-state index contributed by atoms with van der Waals surface area (Å²) in [6.07, 6.45) is 3.72. The van der Waals surface area contributed by atoms with E-state index in [4.69, 9.17) is 5.73 Å². The minimum atomic E-state index is 0.466. The second kappa shape index (κ2) is 4.76. The van der Waals surface area contributed by atoms with Gasteiger partial charge in [-0.2, -0.15) is 0 Å². The lowest BCUT2D eigenvalue weighted by molar-refractivity contribution is 0.707. The van der Waals surface area contributed by atoms with Crippen molar-refractivity contribution in [2.45, 2.75) is 32.9 Å². The Kier molecular flexibility index (Phi) is 3.36. The first kappa shape index (κ1) is 11.3. The van der Waals surface area contributed by atoms with Gasteiger partial charge in [0.25, 0.3) is 0 Å². The van der Waals surface area contributed by atoms with Gasteiger partial charge in [-0.05, 0) is 0 Å². The van der Waals surface area contributed by atoms with Crippen LogP contribution in [0.4, 0.5) is 0 Å². The minimum absolute atomic E-state index is 0.466. The van der Waals surface area contributed by atoms with Gasteiger partial charge in [0.1, 0.15) is 5.82 Å². The summed E-state index contributed by atoms with van der Waals surface area (Å²) in [6, 6.07) is 0. The number of nitrogens with two attached hydrogens (primary N) is 1. The molecule has 2 aromatic rings. The summed E-state index contributed by atoms with van der Waals surface area (Å²) in [4.78, 5) is 8.78. The lowest BCUT2D eigenvalue weighted by Gasteiger charge is -2.03. The minimum Gasteiger partial charge on any atom is -0.328 e. The second-order valence-electron chi connectivity index (χ2n) is 4.01. The zero-order chi connectivity index (χ0) is 11.5. The fourth-order valence-corrected chi connectivity index (χ4v) is 2.34. The molecule has 0 aliphatic heterocycles. The van der Waals surface area contributed by atoms with E-state index in [1.165, 1.54) is 5.01 Å². The molecular formula is C11H16N4S. The fraction of sp³-hybridized carbons (Fsp3) is 0.455. The maximum absolute atomic E-state index is 5.60. The van der Waals surface area contributed by atoms with Crippen LogP contribution in [0.5, 0.6) is 0 Å². The van der Waals surface area contributed by atoms with Crippen LogP contribution in [0.3, 0.4) is 0 Å². The highest BCUT2D eigenvalue weighted by Gasteiger charge is 2.07. The number of aromatic nitrogens is 3. The molecule has 0 unspecified atom stereocenters. The molecule has 5 heteroatoms. The average Bonchev–Trinajstić information content (AvgIpc) is 2.87. The molecule has 0 fully saturated rings. The summed E-state index contributed by atoms with van der Waals surface area (Å²) in [5, 5.41) is 3.29. The van der Waals surface area contributed by atoms with Crippen molar-refractivity contribution < 1.29 is 0 Å². The molecule has 0 amide bonds. The van der Waals surface area contributed by atoms with Crippen LogP contribution in [0.25, 0.3) is 0 Å². The molecule has 0 saturated heterocycles. The summed E-state index contributed by atoms with van der Waals surface area (Å²) >= 11 is 1.72. The molecule has 4 nitrogen and oxygen atoms in total.